The summed E-state index contributed by atoms with van der Waals surface area (Å²) in [6.45, 7) is 5.36. The van der Waals surface area contributed by atoms with Gasteiger partial charge >= 0.3 is 12.1 Å². The lowest BCUT2D eigenvalue weighted by molar-refractivity contribution is -0.143. The summed E-state index contributed by atoms with van der Waals surface area (Å²) >= 11 is 0. The lowest BCUT2D eigenvalue weighted by Gasteiger charge is -2.30. The highest BCUT2D eigenvalue weighted by atomic mass is 16.6. The average molecular weight is 329 g/mol. The zero-order valence-electron chi connectivity index (χ0n) is 14.8. The van der Waals surface area contributed by atoms with Gasteiger partial charge in [-0.05, 0) is 33.1 Å². The summed E-state index contributed by atoms with van der Waals surface area (Å²) in [5.41, 5.74) is -0.604. The fourth-order valence-electron chi connectivity index (χ4n) is 2.95. The molecule has 1 fully saturated rings. The lowest BCUT2D eigenvalue weighted by Crippen LogP contribution is -2.47. The first-order valence-electron chi connectivity index (χ1n) is 8.45. The van der Waals surface area contributed by atoms with Crippen LogP contribution in [-0.4, -0.2) is 42.0 Å². The second-order valence-electron chi connectivity index (χ2n) is 7.34. The van der Waals surface area contributed by atoms with Gasteiger partial charge < -0.3 is 19.9 Å². The van der Waals surface area contributed by atoms with Gasteiger partial charge in [-0.1, -0.05) is 32.1 Å². The zero-order chi connectivity index (χ0) is 17.5. The molecule has 0 aromatic heterocycles. The van der Waals surface area contributed by atoms with Gasteiger partial charge in [-0.25, -0.2) is 4.79 Å². The molecule has 0 saturated heterocycles. The Morgan fingerprint density at radius 2 is 1.83 bits per heavy atom. The molecule has 2 atom stereocenters. The molecule has 0 aromatic carbocycles. The molecular weight excluding hydrogens is 298 g/mol. The summed E-state index contributed by atoms with van der Waals surface area (Å²) in [5, 5.41) is 13.0. The van der Waals surface area contributed by atoms with E-state index in [1.54, 1.807) is 20.8 Å². The number of hydrogen-bond donors (Lipinski definition) is 2. The van der Waals surface area contributed by atoms with Crippen molar-refractivity contribution in [2.45, 2.75) is 83.5 Å². The first kappa shape index (κ1) is 19.7. The number of rotatable bonds is 6. The molecule has 1 rings (SSSR count). The summed E-state index contributed by atoms with van der Waals surface area (Å²) in [6.07, 6.45) is 4.76. The molecule has 0 heterocycles. The van der Waals surface area contributed by atoms with Crippen molar-refractivity contribution in [2.75, 3.05) is 7.11 Å². The van der Waals surface area contributed by atoms with Crippen molar-refractivity contribution < 1.29 is 24.2 Å². The van der Waals surface area contributed by atoms with Gasteiger partial charge in [-0.3, -0.25) is 4.79 Å². The number of methoxy groups -OCH3 is 1. The van der Waals surface area contributed by atoms with Crippen LogP contribution in [-0.2, 0) is 14.3 Å². The summed E-state index contributed by atoms with van der Waals surface area (Å²) in [4.78, 5) is 23.4. The third kappa shape index (κ3) is 8.21. The van der Waals surface area contributed by atoms with E-state index in [0.717, 1.165) is 12.8 Å². The predicted octanol–water partition coefficient (Wildman–Crippen LogP) is 2.77. The van der Waals surface area contributed by atoms with Crippen LogP contribution in [0.3, 0.4) is 0 Å². The number of alkyl carbamates (subject to hydrolysis) is 1. The molecule has 6 nitrogen and oxygen atoms in total. The highest BCUT2D eigenvalue weighted by molar-refractivity contribution is 5.71. The van der Waals surface area contributed by atoms with Crippen LogP contribution in [0.15, 0.2) is 0 Å². The molecule has 6 heteroatoms. The van der Waals surface area contributed by atoms with Gasteiger partial charge in [0, 0.05) is 0 Å². The van der Waals surface area contributed by atoms with Crippen LogP contribution in [0.1, 0.15) is 65.7 Å². The van der Waals surface area contributed by atoms with Gasteiger partial charge in [0.05, 0.1) is 25.7 Å². The molecule has 1 aliphatic carbocycles. The Kier molecular flexibility index (Phi) is 7.82. The van der Waals surface area contributed by atoms with Gasteiger partial charge in [0.1, 0.15) is 5.60 Å². The van der Waals surface area contributed by atoms with Gasteiger partial charge in [0.15, 0.2) is 0 Å². The largest absolute Gasteiger partial charge is 0.469 e. The fourth-order valence-corrected chi connectivity index (χ4v) is 2.95. The fraction of sp³-hybridized carbons (Fsp3) is 0.882. The smallest absolute Gasteiger partial charge is 0.407 e. The highest BCUT2D eigenvalue weighted by Gasteiger charge is 2.29. The van der Waals surface area contributed by atoms with Gasteiger partial charge in [-0.2, -0.15) is 0 Å². The second kappa shape index (κ2) is 9.11. The summed E-state index contributed by atoms with van der Waals surface area (Å²) in [5.74, 6) is -0.0342. The molecule has 0 spiro atoms. The molecule has 23 heavy (non-hydrogen) atoms. The molecule has 0 unspecified atom stereocenters. The van der Waals surface area contributed by atoms with E-state index in [0.29, 0.717) is 12.3 Å². The van der Waals surface area contributed by atoms with Crippen LogP contribution in [0.4, 0.5) is 4.79 Å². The van der Waals surface area contributed by atoms with E-state index in [4.69, 9.17) is 4.74 Å². The maximum absolute atomic E-state index is 12.0. The van der Waals surface area contributed by atoms with E-state index in [1.165, 1.54) is 26.4 Å². The Balaban J connectivity index is 2.66. The number of amides is 1. The van der Waals surface area contributed by atoms with Crippen molar-refractivity contribution in [3.63, 3.8) is 0 Å². The minimum Gasteiger partial charge on any atom is -0.469 e. The molecule has 1 saturated carbocycles. The number of ether oxygens (including phenoxy) is 2. The molecule has 0 bridgehead atoms. The summed E-state index contributed by atoms with van der Waals surface area (Å²) in [6, 6.07) is -0.507. The van der Waals surface area contributed by atoms with E-state index in [1.807, 2.05) is 0 Å². The molecule has 134 valence electrons. The summed E-state index contributed by atoms with van der Waals surface area (Å²) < 4.78 is 9.87. The Morgan fingerprint density at radius 3 is 2.35 bits per heavy atom. The third-order valence-corrected chi connectivity index (χ3v) is 4.08. The third-order valence-electron chi connectivity index (χ3n) is 4.08. The molecule has 1 amide bonds. The van der Waals surface area contributed by atoms with E-state index in [-0.39, 0.29) is 6.42 Å². The summed E-state index contributed by atoms with van der Waals surface area (Å²) in [7, 11) is 1.28. The predicted molar refractivity (Wildman–Crippen MR) is 87.0 cm³/mol. The number of aliphatic hydroxyl groups excluding tert-OH is 1. The van der Waals surface area contributed by atoms with Crippen LogP contribution in [0.2, 0.25) is 0 Å². The minimum absolute atomic E-state index is 0.135. The maximum atomic E-state index is 12.0. The lowest BCUT2D eigenvalue weighted by atomic mass is 9.83. The standard InChI is InChI=1S/C17H31NO5/c1-17(2,3)23-16(21)18-13(14(19)11-15(20)22-4)10-12-8-6-5-7-9-12/h12-14,19H,5-11H2,1-4H3,(H,18,21)/t13-,14+/m0/s1. The van der Waals surface area contributed by atoms with E-state index < -0.39 is 29.8 Å². The number of esters is 1. The van der Waals surface area contributed by atoms with Crippen molar-refractivity contribution in [1.82, 2.24) is 5.32 Å². The zero-order valence-corrected chi connectivity index (χ0v) is 14.8. The molecule has 1 aliphatic rings. The quantitative estimate of drug-likeness (QED) is 0.732. The number of hydrogen-bond acceptors (Lipinski definition) is 5. The van der Waals surface area contributed by atoms with Crippen molar-refractivity contribution in [3.8, 4) is 0 Å². The van der Waals surface area contributed by atoms with E-state index >= 15 is 0 Å². The minimum atomic E-state index is -0.975. The van der Waals surface area contributed by atoms with Crippen LogP contribution in [0.25, 0.3) is 0 Å². The molecular formula is C17H31NO5. The number of aliphatic hydroxyl groups is 1. The van der Waals surface area contributed by atoms with Crippen LogP contribution < -0.4 is 5.32 Å². The Morgan fingerprint density at radius 1 is 1.22 bits per heavy atom. The number of nitrogens with one attached hydrogen (secondary N) is 1. The number of carbonyl (C=O) groups excluding carboxylic acids is 2. The van der Waals surface area contributed by atoms with Crippen LogP contribution in [0.5, 0.6) is 0 Å². The van der Waals surface area contributed by atoms with Crippen molar-refractivity contribution in [2.24, 2.45) is 5.92 Å². The number of carbonyl (C=O) groups is 2. The molecule has 0 aromatic rings. The van der Waals surface area contributed by atoms with Crippen LogP contribution >= 0.6 is 0 Å². The van der Waals surface area contributed by atoms with Crippen LogP contribution in [0, 0.1) is 5.92 Å². The average Bonchev–Trinajstić information content (AvgIpc) is 2.45. The second-order valence-corrected chi connectivity index (χ2v) is 7.34. The van der Waals surface area contributed by atoms with Gasteiger partial charge in [0.2, 0.25) is 0 Å². The first-order chi connectivity index (χ1) is 10.7. The van der Waals surface area contributed by atoms with E-state index in [9.17, 15) is 14.7 Å². The van der Waals surface area contributed by atoms with E-state index in [2.05, 4.69) is 10.1 Å². The SMILES string of the molecule is COC(=O)C[C@@H](O)[C@H](CC1CCCCC1)NC(=O)OC(C)(C)C. The Bertz CT molecular complexity index is 385. The topological polar surface area (TPSA) is 84.9 Å². The Hall–Kier alpha value is -1.30. The first-order valence-corrected chi connectivity index (χ1v) is 8.45. The normalized spacial score (nSPS) is 18.8. The maximum Gasteiger partial charge on any atom is 0.407 e. The Labute approximate surface area is 138 Å². The van der Waals surface area contributed by atoms with Gasteiger partial charge in [-0.15, -0.1) is 0 Å². The molecule has 2 N–H and O–H groups in total. The molecule has 0 radical (unpaired) electrons. The monoisotopic (exact) mass is 329 g/mol. The highest BCUT2D eigenvalue weighted by Crippen LogP contribution is 2.28. The van der Waals surface area contributed by atoms with Crippen molar-refractivity contribution >= 4 is 12.1 Å². The van der Waals surface area contributed by atoms with Crippen molar-refractivity contribution in [1.29, 1.82) is 0 Å². The van der Waals surface area contributed by atoms with Crippen molar-refractivity contribution in [3.05, 3.63) is 0 Å². The van der Waals surface area contributed by atoms with Gasteiger partial charge in [0.25, 0.3) is 0 Å². The molecule has 0 aliphatic heterocycles.